The van der Waals surface area contributed by atoms with Crippen molar-refractivity contribution in [2.75, 3.05) is 0 Å². The number of quaternary nitrogens is 1. The maximum absolute atomic E-state index is 14.1. The van der Waals surface area contributed by atoms with Crippen molar-refractivity contribution in [3.63, 3.8) is 0 Å². The molecule has 6 nitrogen and oxygen atoms in total. The monoisotopic (exact) mass is 347 g/mol. The summed E-state index contributed by atoms with van der Waals surface area (Å²) in [5.41, 5.74) is 3.47. The summed E-state index contributed by atoms with van der Waals surface area (Å²) in [7, 11) is 0. The van der Waals surface area contributed by atoms with Crippen LogP contribution in [0.3, 0.4) is 0 Å². The molecule has 3 rings (SSSR count). The van der Waals surface area contributed by atoms with Gasteiger partial charge < -0.3 is 14.3 Å². The van der Waals surface area contributed by atoms with Crippen LogP contribution in [0.1, 0.15) is 16.2 Å². The zero-order valence-corrected chi connectivity index (χ0v) is 12.8. The molecule has 0 radical (unpaired) electrons. The third kappa shape index (κ3) is 3.48. The number of halogens is 2. The first kappa shape index (κ1) is 16.6. The molecule has 128 valence electrons. The number of carbonyl (C=O) groups is 1. The van der Waals surface area contributed by atoms with Crippen molar-refractivity contribution >= 4 is 5.91 Å². The Morgan fingerprint density at radius 2 is 1.92 bits per heavy atom. The van der Waals surface area contributed by atoms with E-state index >= 15 is 0 Å². The second-order valence-electron chi connectivity index (χ2n) is 5.12. The van der Waals surface area contributed by atoms with Crippen molar-refractivity contribution in [2.45, 2.75) is 6.61 Å². The van der Waals surface area contributed by atoms with E-state index in [0.29, 0.717) is 11.3 Å². The van der Waals surface area contributed by atoms with Crippen LogP contribution in [0.4, 0.5) is 8.78 Å². The lowest BCUT2D eigenvalue weighted by molar-refractivity contribution is -0.255. The van der Waals surface area contributed by atoms with Gasteiger partial charge in [-0.2, -0.15) is 0 Å². The number of ether oxygens (including phenoxy) is 1. The topological polar surface area (TPSA) is 100 Å². The molecular weight excluding hydrogens is 334 g/mol. The van der Waals surface area contributed by atoms with Gasteiger partial charge in [-0.3, -0.25) is 5.73 Å². The molecule has 0 unspecified atom stereocenters. The molecule has 1 heterocycles. The SMILES string of the molecule is [NH3+]C(=O)c1c(F)ccc(OCc2nc(-c3ccc(O)cc3)co2)c1F. The highest BCUT2D eigenvalue weighted by Gasteiger charge is 2.22. The first-order chi connectivity index (χ1) is 12.0. The van der Waals surface area contributed by atoms with E-state index in [2.05, 4.69) is 10.7 Å². The number of aromatic nitrogens is 1. The number of carbonyl (C=O) groups excluding carboxylic acids is 1. The van der Waals surface area contributed by atoms with Gasteiger partial charge in [0.15, 0.2) is 23.7 Å². The molecule has 0 spiro atoms. The maximum atomic E-state index is 14.1. The second kappa shape index (κ2) is 6.70. The zero-order chi connectivity index (χ0) is 18.0. The standard InChI is InChI=1S/C17H12F2N2O4/c18-11-5-6-13(16(19)15(11)17(20)23)24-8-14-21-12(7-25-14)9-1-3-10(22)4-2-9/h1-7,22H,8H2,(H2,20,23)/p+1. The number of hydrogen-bond acceptors (Lipinski definition) is 5. The predicted octanol–water partition coefficient (Wildman–Crippen LogP) is 2.29. The number of rotatable bonds is 5. The molecule has 0 atom stereocenters. The van der Waals surface area contributed by atoms with Gasteiger partial charge in [-0.15, -0.1) is 0 Å². The number of benzene rings is 2. The fraction of sp³-hybridized carbons (Fsp3) is 0.0588. The smallest absolute Gasteiger partial charge is 0.347 e. The molecule has 0 aliphatic heterocycles. The minimum absolute atomic E-state index is 0.123. The van der Waals surface area contributed by atoms with E-state index in [1.807, 2.05) is 0 Å². The van der Waals surface area contributed by atoms with Gasteiger partial charge in [0.05, 0.1) is 0 Å². The van der Waals surface area contributed by atoms with E-state index in [4.69, 9.17) is 9.15 Å². The van der Waals surface area contributed by atoms with Crippen LogP contribution in [0.15, 0.2) is 47.1 Å². The number of phenolic OH excluding ortho intramolecular Hbond substituents is 1. The van der Waals surface area contributed by atoms with Crippen LogP contribution < -0.4 is 10.5 Å². The lowest BCUT2D eigenvalue weighted by Gasteiger charge is -2.07. The summed E-state index contributed by atoms with van der Waals surface area (Å²) in [6.07, 6.45) is 1.39. The maximum Gasteiger partial charge on any atom is 0.347 e. The van der Waals surface area contributed by atoms with Crippen molar-refractivity contribution < 1.29 is 33.6 Å². The number of nitrogens with zero attached hydrogens (tertiary/aromatic N) is 1. The number of hydrogen-bond donors (Lipinski definition) is 2. The van der Waals surface area contributed by atoms with Crippen LogP contribution >= 0.6 is 0 Å². The van der Waals surface area contributed by atoms with Gasteiger partial charge in [-0.25, -0.2) is 18.6 Å². The molecule has 0 fully saturated rings. The summed E-state index contributed by atoms with van der Waals surface area (Å²) in [4.78, 5) is 15.4. The van der Waals surface area contributed by atoms with Crippen molar-refractivity contribution in [1.29, 1.82) is 0 Å². The van der Waals surface area contributed by atoms with Crippen molar-refractivity contribution in [2.24, 2.45) is 0 Å². The van der Waals surface area contributed by atoms with Crippen LogP contribution in [-0.2, 0) is 6.61 Å². The number of amides is 1. The quantitative estimate of drug-likeness (QED) is 0.737. The van der Waals surface area contributed by atoms with E-state index in [9.17, 15) is 18.7 Å². The lowest BCUT2D eigenvalue weighted by Crippen LogP contribution is -2.57. The van der Waals surface area contributed by atoms with Crippen LogP contribution in [0.5, 0.6) is 11.5 Å². The van der Waals surface area contributed by atoms with E-state index in [0.717, 1.165) is 12.1 Å². The lowest BCUT2D eigenvalue weighted by atomic mass is 10.1. The number of oxazole rings is 1. The van der Waals surface area contributed by atoms with E-state index in [1.165, 1.54) is 18.4 Å². The third-order valence-electron chi connectivity index (χ3n) is 3.40. The van der Waals surface area contributed by atoms with Gasteiger partial charge >= 0.3 is 5.91 Å². The fourth-order valence-corrected chi connectivity index (χ4v) is 2.18. The molecule has 3 aromatic rings. The van der Waals surface area contributed by atoms with Crippen LogP contribution in [0.25, 0.3) is 11.3 Å². The summed E-state index contributed by atoms with van der Waals surface area (Å²) >= 11 is 0. The Labute approximate surface area is 140 Å². The number of aromatic hydroxyl groups is 1. The van der Waals surface area contributed by atoms with E-state index < -0.39 is 23.1 Å². The van der Waals surface area contributed by atoms with Gasteiger partial charge in [0, 0.05) is 5.56 Å². The molecule has 0 saturated carbocycles. The summed E-state index contributed by atoms with van der Waals surface area (Å²) in [6, 6.07) is 8.32. The minimum atomic E-state index is -1.12. The molecule has 8 heteroatoms. The number of phenols is 1. The molecule has 25 heavy (non-hydrogen) atoms. The highest BCUT2D eigenvalue weighted by Crippen LogP contribution is 2.25. The van der Waals surface area contributed by atoms with Gasteiger partial charge in [0.25, 0.3) is 0 Å². The highest BCUT2D eigenvalue weighted by atomic mass is 19.1. The predicted molar refractivity (Wildman–Crippen MR) is 81.5 cm³/mol. The zero-order valence-electron chi connectivity index (χ0n) is 12.8. The van der Waals surface area contributed by atoms with Crippen LogP contribution in [0.2, 0.25) is 0 Å². The Bertz CT molecular complexity index is 923. The van der Waals surface area contributed by atoms with Crippen molar-refractivity contribution in [3.05, 3.63) is 65.7 Å². The minimum Gasteiger partial charge on any atom is -0.508 e. The Balaban J connectivity index is 1.76. The first-order valence-corrected chi connectivity index (χ1v) is 7.16. The Morgan fingerprint density at radius 3 is 2.60 bits per heavy atom. The van der Waals surface area contributed by atoms with Gasteiger partial charge in [0.1, 0.15) is 23.5 Å². The molecule has 4 N–H and O–H groups in total. The molecular formula is C17H13F2N2O4+. The molecule has 0 saturated heterocycles. The van der Waals surface area contributed by atoms with Crippen LogP contribution in [0, 0.1) is 11.6 Å². The normalized spacial score (nSPS) is 10.7. The van der Waals surface area contributed by atoms with Crippen molar-refractivity contribution in [3.8, 4) is 22.8 Å². The Kier molecular flexibility index (Phi) is 4.44. The van der Waals surface area contributed by atoms with E-state index in [1.54, 1.807) is 12.1 Å². The largest absolute Gasteiger partial charge is 0.508 e. The van der Waals surface area contributed by atoms with Gasteiger partial charge in [0.2, 0.25) is 5.89 Å². The molecule has 0 aliphatic rings. The average Bonchev–Trinajstić information content (AvgIpc) is 3.03. The summed E-state index contributed by atoms with van der Waals surface area (Å²) in [5, 5.41) is 9.27. The first-order valence-electron chi connectivity index (χ1n) is 7.16. The van der Waals surface area contributed by atoms with E-state index in [-0.39, 0.29) is 24.0 Å². The molecule has 1 amide bonds. The summed E-state index contributed by atoms with van der Waals surface area (Å²) in [5.74, 6) is -3.13. The Morgan fingerprint density at radius 1 is 1.20 bits per heavy atom. The Hall–Kier alpha value is -3.26. The van der Waals surface area contributed by atoms with Gasteiger partial charge in [-0.05, 0) is 36.4 Å². The third-order valence-corrected chi connectivity index (χ3v) is 3.40. The molecule has 2 aromatic carbocycles. The summed E-state index contributed by atoms with van der Waals surface area (Å²) < 4.78 is 38.0. The highest BCUT2D eigenvalue weighted by molar-refractivity contribution is 5.87. The van der Waals surface area contributed by atoms with Crippen molar-refractivity contribution in [1.82, 2.24) is 4.98 Å². The summed E-state index contributed by atoms with van der Waals surface area (Å²) in [6.45, 7) is -0.217. The van der Waals surface area contributed by atoms with Crippen LogP contribution in [-0.4, -0.2) is 16.0 Å². The average molecular weight is 347 g/mol. The molecule has 0 bridgehead atoms. The van der Waals surface area contributed by atoms with Gasteiger partial charge in [-0.1, -0.05) is 0 Å². The fourth-order valence-electron chi connectivity index (χ4n) is 2.18. The second-order valence-corrected chi connectivity index (χ2v) is 5.12. The molecule has 0 aliphatic carbocycles. The molecule has 1 aromatic heterocycles.